The minimum atomic E-state index is -0.495. The van der Waals surface area contributed by atoms with E-state index in [2.05, 4.69) is 10.2 Å². The highest BCUT2D eigenvalue weighted by atomic mass is 35.5. The van der Waals surface area contributed by atoms with Gasteiger partial charge in [-0.05, 0) is 42.8 Å². The molecule has 0 unspecified atom stereocenters. The highest BCUT2D eigenvalue weighted by Gasteiger charge is 2.10. The second-order valence-electron chi connectivity index (χ2n) is 5.36. The molecule has 3 aromatic rings. The lowest BCUT2D eigenvalue weighted by Gasteiger charge is -1.98. The third kappa shape index (κ3) is 4.78. The molecule has 6 heteroatoms. The van der Waals surface area contributed by atoms with Crippen LogP contribution in [0.4, 0.5) is 0 Å². The molecule has 0 saturated heterocycles. The molecule has 0 N–H and O–H groups in total. The van der Waals surface area contributed by atoms with E-state index in [9.17, 15) is 4.79 Å². The molecule has 5 nitrogen and oxygen atoms in total. The minimum absolute atomic E-state index is 0.0807. The summed E-state index contributed by atoms with van der Waals surface area (Å²) >= 11 is 5.81. The second-order valence-corrected chi connectivity index (χ2v) is 5.80. The van der Waals surface area contributed by atoms with Crippen molar-refractivity contribution in [3.05, 3.63) is 76.6 Å². The fourth-order valence-electron chi connectivity index (χ4n) is 2.13. The normalized spacial score (nSPS) is 11.0. The molecule has 0 fully saturated rings. The van der Waals surface area contributed by atoms with Gasteiger partial charge in [0.2, 0.25) is 5.89 Å². The maximum atomic E-state index is 11.8. The Morgan fingerprint density at radius 1 is 1.20 bits per heavy atom. The quantitative estimate of drug-likeness (QED) is 0.500. The Labute approximate surface area is 149 Å². The van der Waals surface area contributed by atoms with Gasteiger partial charge in [0.25, 0.3) is 5.89 Å². The number of aryl methyl sites for hydroxylation is 1. The number of aromatic nitrogens is 2. The average Bonchev–Trinajstić information content (AvgIpc) is 3.08. The van der Waals surface area contributed by atoms with Crippen LogP contribution in [0.15, 0.2) is 59.0 Å². The van der Waals surface area contributed by atoms with Crippen molar-refractivity contribution in [1.29, 1.82) is 0 Å². The maximum Gasteiger partial charge on any atom is 0.331 e. The molecule has 0 amide bonds. The fraction of sp³-hybridized carbons (Fsp3) is 0.105. The van der Waals surface area contributed by atoms with Crippen LogP contribution in [0.5, 0.6) is 0 Å². The highest BCUT2D eigenvalue weighted by Crippen LogP contribution is 2.19. The Bertz CT molecular complexity index is 901. The summed E-state index contributed by atoms with van der Waals surface area (Å²) in [4.78, 5) is 11.8. The lowest BCUT2D eigenvalue weighted by atomic mass is 10.1. The first-order valence-corrected chi connectivity index (χ1v) is 7.98. The number of benzene rings is 2. The van der Waals surface area contributed by atoms with Gasteiger partial charge in [-0.25, -0.2) is 4.79 Å². The Morgan fingerprint density at radius 2 is 2.00 bits per heavy atom. The van der Waals surface area contributed by atoms with E-state index in [1.54, 1.807) is 30.3 Å². The van der Waals surface area contributed by atoms with Crippen LogP contribution in [0.3, 0.4) is 0 Å². The largest absolute Gasteiger partial charge is 0.452 e. The Morgan fingerprint density at radius 3 is 2.76 bits per heavy atom. The molecule has 126 valence electrons. The molecule has 25 heavy (non-hydrogen) atoms. The molecule has 0 atom stereocenters. The molecule has 3 rings (SSSR count). The summed E-state index contributed by atoms with van der Waals surface area (Å²) in [6, 6.07) is 14.8. The molecular formula is C19H15ClN2O3. The van der Waals surface area contributed by atoms with Gasteiger partial charge in [0, 0.05) is 16.7 Å². The van der Waals surface area contributed by atoms with E-state index in [1.807, 2.05) is 31.2 Å². The number of carbonyl (C=O) groups excluding carboxylic acids is 1. The zero-order chi connectivity index (χ0) is 17.6. The van der Waals surface area contributed by atoms with Gasteiger partial charge in [0.1, 0.15) is 0 Å². The van der Waals surface area contributed by atoms with Crippen LogP contribution >= 0.6 is 11.6 Å². The van der Waals surface area contributed by atoms with Gasteiger partial charge < -0.3 is 9.15 Å². The molecule has 0 aliphatic rings. The van der Waals surface area contributed by atoms with Crippen molar-refractivity contribution in [2.75, 3.05) is 0 Å². The van der Waals surface area contributed by atoms with E-state index in [0.29, 0.717) is 10.9 Å². The van der Waals surface area contributed by atoms with Crippen LogP contribution < -0.4 is 0 Å². The Hall–Kier alpha value is -2.92. The van der Waals surface area contributed by atoms with Gasteiger partial charge in [-0.1, -0.05) is 41.4 Å². The van der Waals surface area contributed by atoms with Crippen molar-refractivity contribution in [2.45, 2.75) is 13.5 Å². The van der Waals surface area contributed by atoms with Crippen molar-refractivity contribution < 1.29 is 13.9 Å². The second kappa shape index (κ2) is 7.77. The van der Waals surface area contributed by atoms with Crippen LogP contribution in [-0.2, 0) is 16.1 Å². The first-order valence-electron chi connectivity index (χ1n) is 7.60. The number of esters is 1. The molecule has 0 aliphatic carbocycles. The van der Waals surface area contributed by atoms with E-state index >= 15 is 0 Å². The first kappa shape index (κ1) is 16.9. The van der Waals surface area contributed by atoms with Crippen LogP contribution in [-0.4, -0.2) is 16.2 Å². The molecule has 0 saturated carbocycles. The summed E-state index contributed by atoms with van der Waals surface area (Å²) in [5, 5.41) is 8.50. The van der Waals surface area contributed by atoms with E-state index in [-0.39, 0.29) is 12.5 Å². The summed E-state index contributed by atoms with van der Waals surface area (Å²) < 4.78 is 10.6. The number of hydrogen-bond donors (Lipinski definition) is 0. The van der Waals surface area contributed by atoms with Crippen molar-refractivity contribution in [3.63, 3.8) is 0 Å². The molecule has 2 aromatic carbocycles. The summed E-state index contributed by atoms with van der Waals surface area (Å²) in [6.45, 7) is 1.90. The summed E-state index contributed by atoms with van der Waals surface area (Å²) in [7, 11) is 0. The first-order chi connectivity index (χ1) is 12.1. The molecule has 0 spiro atoms. The van der Waals surface area contributed by atoms with Crippen LogP contribution in [0.25, 0.3) is 17.5 Å². The fourth-order valence-corrected chi connectivity index (χ4v) is 2.25. The van der Waals surface area contributed by atoms with Crippen molar-refractivity contribution in [1.82, 2.24) is 10.2 Å². The third-order valence-electron chi connectivity index (χ3n) is 3.35. The number of hydrogen-bond acceptors (Lipinski definition) is 5. The van der Waals surface area contributed by atoms with Gasteiger partial charge in [-0.15, -0.1) is 10.2 Å². The number of ether oxygens (including phenoxy) is 1. The minimum Gasteiger partial charge on any atom is -0.452 e. The highest BCUT2D eigenvalue weighted by molar-refractivity contribution is 6.30. The monoisotopic (exact) mass is 354 g/mol. The lowest BCUT2D eigenvalue weighted by Crippen LogP contribution is -2.00. The zero-order valence-electron chi connectivity index (χ0n) is 13.5. The number of rotatable bonds is 5. The van der Waals surface area contributed by atoms with Gasteiger partial charge in [0.05, 0.1) is 0 Å². The van der Waals surface area contributed by atoms with Crippen LogP contribution in [0, 0.1) is 6.92 Å². The van der Waals surface area contributed by atoms with Gasteiger partial charge in [-0.3, -0.25) is 0 Å². The van der Waals surface area contributed by atoms with Crippen LogP contribution in [0.2, 0.25) is 5.02 Å². The predicted molar refractivity (Wildman–Crippen MR) is 94.8 cm³/mol. The number of nitrogens with zero attached hydrogens (tertiary/aromatic N) is 2. The summed E-state index contributed by atoms with van der Waals surface area (Å²) in [5.74, 6) is 0.140. The average molecular weight is 355 g/mol. The van der Waals surface area contributed by atoms with Gasteiger partial charge in [-0.2, -0.15) is 0 Å². The zero-order valence-corrected chi connectivity index (χ0v) is 14.2. The summed E-state index contributed by atoms with van der Waals surface area (Å²) in [5.41, 5.74) is 2.77. The molecule has 0 radical (unpaired) electrons. The van der Waals surface area contributed by atoms with E-state index in [1.165, 1.54) is 6.08 Å². The van der Waals surface area contributed by atoms with E-state index in [0.717, 1.165) is 16.7 Å². The topological polar surface area (TPSA) is 65.2 Å². The van der Waals surface area contributed by atoms with Crippen molar-refractivity contribution >= 4 is 23.6 Å². The van der Waals surface area contributed by atoms with Crippen molar-refractivity contribution in [2.24, 2.45) is 0 Å². The standard InChI is InChI=1S/C19H15ClN2O3/c1-13-3-2-4-15(11-13)19-22-21-17(25-19)12-24-18(23)10-7-14-5-8-16(20)9-6-14/h2-11H,12H2,1H3/b10-7+. The molecular weight excluding hydrogens is 340 g/mol. The van der Waals surface area contributed by atoms with E-state index in [4.69, 9.17) is 20.8 Å². The number of carbonyl (C=O) groups is 1. The van der Waals surface area contributed by atoms with Crippen LogP contribution in [0.1, 0.15) is 17.0 Å². The number of halogens is 1. The van der Waals surface area contributed by atoms with Gasteiger partial charge >= 0.3 is 5.97 Å². The molecule has 1 heterocycles. The van der Waals surface area contributed by atoms with Gasteiger partial charge in [0.15, 0.2) is 6.61 Å². The van der Waals surface area contributed by atoms with Crippen molar-refractivity contribution in [3.8, 4) is 11.5 Å². The third-order valence-corrected chi connectivity index (χ3v) is 3.60. The lowest BCUT2D eigenvalue weighted by molar-refractivity contribution is -0.139. The maximum absolute atomic E-state index is 11.8. The SMILES string of the molecule is Cc1cccc(-c2nnc(COC(=O)/C=C/c3ccc(Cl)cc3)o2)c1. The Balaban J connectivity index is 1.56. The van der Waals surface area contributed by atoms with E-state index < -0.39 is 5.97 Å². The molecule has 1 aromatic heterocycles. The smallest absolute Gasteiger partial charge is 0.331 e. The predicted octanol–water partition coefficient (Wildman–Crippen LogP) is 4.46. The summed E-state index contributed by atoms with van der Waals surface area (Å²) in [6.07, 6.45) is 2.98. The molecule has 0 bridgehead atoms. The Kier molecular flexibility index (Phi) is 5.26. The molecule has 0 aliphatic heterocycles.